The van der Waals surface area contributed by atoms with Gasteiger partial charge in [-0.2, -0.15) is 0 Å². The first-order valence-electron chi connectivity index (χ1n) is 9.11. The molecule has 2 N–H and O–H groups in total. The third-order valence-corrected chi connectivity index (χ3v) is 4.74. The maximum Gasteiger partial charge on any atom is 0.251 e. The van der Waals surface area contributed by atoms with Crippen molar-refractivity contribution in [2.24, 2.45) is 5.92 Å². The Balaban J connectivity index is 1.52. The van der Waals surface area contributed by atoms with E-state index in [0.29, 0.717) is 24.5 Å². The molecule has 132 valence electrons. The molecule has 0 aliphatic heterocycles. The average Bonchev–Trinajstić information content (AvgIpc) is 3.15. The van der Waals surface area contributed by atoms with Gasteiger partial charge in [0.05, 0.1) is 12.2 Å². The molecule has 1 aromatic heterocycles. The van der Waals surface area contributed by atoms with Crippen molar-refractivity contribution in [2.45, 2.75) is 51.5 Å². The van der Waals surface area contributed by atoms with Crippen molar-refractivity contribution in [1.82, 2.24) is 15.3 Å². The molecule has 0 spiro atoms. The number of benzene rings is 1. The summed E-state index contributed by atoms with van der Waals surface area (Å²) >= 11 is 0. The molecule has 3 rings (SSSR count). The van der Waals surface area contributed by atoms with Crippen molar-refractivity contribution < 1.29 is 4.79 Å². The van der Waals surface area contributed by atoms with Crippen LogP contribution >= 0.6 is 0 Å². The van der Waals surface area contributed by atoms with E-state index in [9.17, 15) is 9.59 Å². The predicted molar refractivity (Wildman–Crippen MR) is 97.1 cm³/mol. The Morgan fingerprint density at radius 2 is 1.92 bits per heavy atom. The van der Waals surface area contributed by atoms with Gasteiger partial charge in [0.25, 0.3) is 5.56 Å². The molecule has 1 aliphatic rings. The van der Waals surface area contributed by atoms with Gasteiger partial charge < -0.3 is 10.3 Å². The summed E-state index contributed by atoms with van der Waals surface area (Å²) in [6, 6.07) is 11.7. The fourth-order valence-corrected chi connectivity index (χ4v) is 3.39. The summed E-state index contributed by atoms with van der Waals surface area (Å²) in [5.74, 6) is 0.908. The summed E-state index contributed by atoms with van der Waals surface area (Å²) in [5, 5.41) is 2.92. The highest BCUT2D eigenvalue weighted by Gasteiger charge is 2.22. The lowest BCUT2D eigenvalue weighted by molar-refractivity contribution is -0.124. The summed E-state index contributed by atoms with van der Waals surface area (Å²) in [7, 11) is 0. The van der Waals surface area contributed by atoms with Gasteiger partial charge in [0, 0.05) is 18.4 Å². The smallest absolute Gasteiger partial charge is 0.251 e. The zero-order valence-corrected chi connectivity index (χ0v) is 14.5. The number of amides is 1. The van der Waals surface area contributed by atoms with Crippen molar-refractivity contribution in [3.8, 4) is 0 Å². The first-order valence-corrected chi connectivity index (χ1v) is 9.11. The summed E-state index contributed by atoms with van der Waals surface area (Å²) in [5.41, 5.74) is 1.75. The van der Waals surface area contributed by atoms with E-state index in [1.54, 1.807) is 0 Å². The van der Waals surface area contributed by atoms with Gasteiger partial charge in [-0.15, -0.1) is 0 Å². The summed E-state index contributed by atoms with van der Waals surface area (Å²) in [4.78, 5) is 31.2. The monoisotopic (exact) mass is 339 g/mol. The number of rotatable bonds is 7. The Kier molecular flexibility index (Phi) is 5.99. The molecule has 25 heavy (non-hydrogen) atoms. The van der Waals surface area contributed by atoms with Crippen LogP contribution in [0.25, 0.3) is 0 Å². The van der Waals surface area contributed by atoms with Crippen LogP contribution in [0.5, 0.6) is 0 Å². The molecule has 0 unspecified atom stereocenters. The normalized spacial score (nSPS) is 14.6. The molecule has 0 saturated heterocycles. The van der Waals surface area contributed by atoms with Crippen LogP contribution in [0.3, 0.4) is 0 Å². The lowest BCUT2D eigenvalue weighted by Crippen LogP contribution is -2.30. The minimum atomic E-state index is -0.158. The van der Waals surface area contributed by atoms with Crippen molar-refractivity contribution >= 4 is 5.91 Å². The van der Waals surface area contributed by atoms with E-state index in [1.807, 2.05) is 18.2 Å². The topological polar surface area (TPSA) is 74.8 Å². The van der Waals surface area contributed by atoms with Crippen LogP contribution in [0.4, 0.5) is 0 Å². The SMILES string of the molecule is O=C(NCc1cc(=O)[nH]c(CCCc2ccccc2)n1)C1CCCC1. The second-order valence-electron chi connectivity index (χ2n) is 6.72. The predicted octanol–water partition coefficient (Wildman–Crippen LogP) is 2.75. The lowest BCUT2D eigenvalue weighted by Gasteiger charge is -2.10. The quantitative estimate of drug-likeness (QED) is 0.814. The maximum absolute atomic E-state index is 12.1. The number of aryl methyl sites for hydroxylation is 2. The second-order valence-corrected chi connectivity index (χ2v) is 6.72. The van der Waals surface area contributed by atoms with Crippen LogP contribution in [0, 0.1) is 5.92 Å². The zero-order valence-electron chi connectivity index (χ0n) is 14.5. The van der Waals surface area contributed by atoms with E-state index in [4.69, 9.17) is 0 Å². The molecule has 1 fully saturated rings. The van der Waals surface area contributed by atoms with Crippen LogP contribution in [-0.4, -0.2) is 15.9 Å². The number of nitrogens with zero attached hydrogens (tertiary/aromatic N) is 1. The van der Waals surface area contributed by atoms with Gasteiger partial charge in [0.1, 0.15) is 5.82 Å². The zero-order chi connectivity index (χ0) is 17.5. The Bertz CT molecular complexity index is 749. The number of nitrogens with one attached hydrogen (secondary N) is 2. The van der Waals surface area contributed by atoms with Crippen molar-refractivity contribution in [2.75, 3.05) is 0 Å². The lowest BCUT2D eigenvalue weighted by atomic mass is 10.1. The highest BCUT2D eigenvalue weighted by Crippen LogP contribution is 2.24. The van der Waals surface area contributed by atoms with Gasteiger partial charge in [-0.3, -0.25) is 9.59 Å². The summed E-state index contributed by atoms with van der Waals surface area (Å²) in [6.45, 7) is 0.324. The van der Waals surface area contributed by atoms with E-state index in [0.717, 1.165) is 38.5 Å². The van der Waals surface area contributed by atoms with Crippen molar-refractivity contribution in [3.63, 3.8) is 0 Å². The van der Waals surface area contributed by atoms with Gasteiger partial charge >= 0.3 is 0 Å². The highest BCUT2D eigenvalue weighted by atomic mass is 16.2. The number of aromatic amines is 1. The van der Waals surface area contributed by atoms with Crippen LogP contribution in [0.2, 0.25) is 0 Å². The minimum absolute atomic E-state index is 0.0882. The fraction of sp³-hybridized carbons (Fsp3) is 0.450. The highest BCUT2D eigenvalue weighted by molar-refractivity contribution is 5.78. The summed E-state index contributed by atoms with van der Waals surface area (Å²) < 4.78 is 0. The number of carbonyl (C=O) groups excluding carboxylic acids is 1. The number of H-pyrrole nitrogens is 1. The van der Waals surface area contributed by atoms with Crippen LogP contribution in [0.15, 0.2) is 41.2 Å². The molecule has 5 nitrogen and oxygen atoms in total. The van der Waals surface area contributed by atoms with Gasteiger partial charge in [-0.05, 0) is 31.2 Å². The molecule has 0 radical (unpaired) electrons. The maximum atomic E-state index is 12.1. The molecule has 2 aromatic rings. The van der Waals surface area contributed by atoms with Gasteiger partial charge in [-0.25, -0.2) is 4.98 Å². The standard InChI is InChI=1S/C20H25N3O2/c24-19-13-17(14-21-20(25)16-10-4-5-11-16)22-18(23-19)12-6-9-15-7-2-1-3-8-15/h1-3,7-8,13,16H,4-6,9-12,14H2,(H,21,25)(H,22,23,24). The third kappa shape index (κ3) is 5.28. The molecule has 1 saturated carbocycles. The first-order chi connectivity index (χ1) is 12.2. The fourth-order valence-electron chi connectivity index (χ4n) is 3.39. The Labute approximate surface area is 147 Å². The van der Waals surface area contributed by atoms with Crippen molar-refractivity contribution in [1.29, 1.82) is 0 Å². The van der Waals surface area contributed by atoms with Crippen LogP contribution < -0.4 is 10.9 Å². The molecular formula is C20H25N3O2. The third-order valence-electron chi connectivity index (χ3n) is 4.74. The van der Waals surface area contributed by atoms with E-state index in [2.05, 4.69) is 27.4 Å². The van der Waals surface area contributed by atoms with Gasteiger partial charge in [-0.1, -0.05) is 43.2 Å². The van der Waals surface area contributed by atoms with E-state index in [-0.39, 0.29) is 17.4 Å². The molecule has 0 atom stereocenters. The molecule has 0 bridgehead atoms. The molecule has 1 amide bonds. The minimum Gasteiger partial charge on any atom is -0.350 e. The average molecular weight is 339 g/mol. The molecule has 1 aliphatic carbocycles. The Morgan fingerprint density at radius 1 is 1.16 bits per heavy atom. The molecule has 1 aromatic carbocycles. The van der Waals surface area contributed by atoms with E-state index < -0.39 is 0 Å². The van der Waals surface area contributed by atoms with Gasteiger partial charge in [0.15, 0.2) is 0 Å². The molecule has 1 heterocycles. The number of hydrogen-bond acceptors (Lipinski definition) is 3. The van der Waals surface area contributed by atoms with Crippen LogP contribution in [-0.2, 0) is 24.2 Å². The van der Waals surface area contributed by atoms with E-state index >= 15 is 0 Å². The Hall–Kier alpha value is -2.43. The molecule has 5 heteroatoms. The first kappa shape index (κ1) is 17.4. The number of hydrogen-bond donors (Lipinski definition) is 2. The number of aromatic nitrogens is 2. The molecular weight excluding hydrogens is 314 g/mol. The van der Waals surface area contributed by atoms with E-state index in [1.165, 1.54) is 11.6 Å². The Morgan fingerprint density at radius 3 is 2.68 bits per heavy atom. The second kappa shape index (κ2) is 8.60. The summed E-state index contributed by atoms with van der Waals surface area (Å²) in [6.07, 6.45) is 6.80. The van der Waals surface area contributed by atoms with Crippen LogP contribution in [0.1, 0.15) is 49.2 Å². The van der Waals surface area contributed by atoms with Crippen molar-refractivity contribution in [3.05, 3.63) is 63.8 Å². The largest absolute Gasteiger partial charge is 0.350 e. The van der Waals surface area contributed by atoms with Gasteiger partial charge in [0.2, 0.25) is 5.91 Å². The number of carbonyl (C=O) groups is 1.